The maximum atomic E-state index is 13.2. The van der Waals surface area contributed by atoms with Crippen LogP contribution in [0.25, 0.3) is 0 Å². The van der Waals surface area contributed by atoms with Crippen LogP contribution in [0.4, 0.5) is 4.39 Å². The van der Waals surface area contributed by atoms with Gasteiger partial charge in [-0.2, -0.15) is 0 Å². The van der Waals surface area contributed by atoms with Gasteiger partial charge in [0.05, 0.1) is 19.1 Å². The Morgan fingerprint density at radius 2 is 1.80 bits per heavy atom. The molecule has 1 aliphatic rings. The molecule has 1 unspecified atom stereocenters. The predicted octanol–water partition coefficient (Wildman–Crippen LogP) is 2.97. The zero-order valence-corrected chi connectivity index (χ0v) is 14.9. The minimum absolute atomic E-state index is 0.0361. The number of carboxylic acid groups (broad SMARTS) is 1. The minimum atomic E-state index is -0.952. The topological polar surface area (TPSA) is 69.6 Å². The maximum Gasteiger partial charge on any atom is 0.317 e. The number of carbonyl (C=O) groups is 2. The molecule has 1 amide bonds. The Kier molecular flexibility index (Phi) is 6.93. The molecule has 138 valence electrons. The summed E-state index contributed by atoms with van der Waals surface area (Å²) in [7, 11) is 0. The highest BCUT2D eigenvalue weighted by Crippen LogP contribution is 2.35. The quantitative estimate of drug-likeness (QED) is 0.756. The highest BCUT2D eigenvalue weighted by molar-refractivity contribution is 5.79. The highest BCUT2D eigenvalue weighted by Gasteiger charge is 2.28. The van der Waals surface area contributed by atoms with E-state index in [0.717, 1.165) is 31.2 Å². The number of benzene rings is 1. The Balaban J connectivity index is 2.08. The second-order valence-corrected chi connectivity index (χ2v) is 7.03. The predicted molar refractivity (Wildman–Crippen MR) is 93.6 cm³/mol. The lowest BCUT2D eigenvalue weighted by Crippen LogP contribution is -2.45. The van der Waals surface area contributed by atoms with E-state index in [0.29, 0.717) is 5.92 Å². The molecule has 5 nitrogen and oxygen atoms in total. The normalized spacial score (nSPS) is 16.4. The number of carboxylic acids is 1. The zero-order chi connectivity index (χ0) is 18.4. The van der Waals surface area contributed by atoms with Crippen molar-refractivity contribution < 1.29 is 19.1 Å². The largest absolute Gasteiger partial charge is 0.480 e. The lowest BCUT2D eigenvalue weighted by atomic mass is 9.91. The third-order valence-corrected chi connectivity index (χ3v) is 4.83. The van der Waals surface area contributed by atoms with Gasteiger partial charge in [-0.1, -0.05) is 25.0 Å². The lowest BCUT2D eigenvalue weighted by Gasteiger charge is -2.28. The van der Waals surface area contributed by atoms with E-state index in [9.17, 15) is 14.0 Å². The lowest BCUT2D eigenvalue weighted by molar-refractivity contribution is -0.139. The fourth-order valence-electron chi connectivity index (χ4n) is 3.43. The molecular formula is C19H27FN2O3. The van der Waals surface area contributed by atoms with Crippen LogP contribution in [0, 0.1) is 11.7 Å². The fourth-order valence-corrected chi connectivity index (χ4v) is 3.43. The van der Waals surface area contributed by atoms with Crippen LogP contribution in [0.2, 0.25) is 0 Å². The molecule has 0 heterocycles. The van der Waals surface area contributed by atoms with Crippen LogP contribution in [-0.4, -0.2) is 41.0 Å². The number of halogens is 1. The first-order valence-electron chi connectivity index (χ1n) is 8.87. The molecule has 0 spiro atoms. The van der Waals surface area contributed by atoms with E-state index in [-0.39, 0.29) is 36.9 Å². The molecule has 6 heteroatoms. The van der Waals surface area contributed by atoms with Gasteiger partial charge in [0.15, 0.2) is 0 Å². The van der Waals surface area contributed by atoms with E-state index in [2.05, 4.69) is 5.32 Å². The molecule has 1 fully saturated rings. The highest BCUT2D eigenvalue weighted by atomic mass is 19.1. The van der Waals surface area contributed by atoms with Gasteiger partial charge in [0.1, 0.15) is 5.82 Å². The summed E-state index contributed by atoms with van der Waals surface area (Å²) in [5.41, 5.74) is 0.899. The van der Waals surface area contributed by atoms with Crippen LogP contribution in [0.3, 0.4) is 0 Å². The second-order valence-electron chi connectivity index (χ2n) is 7.03. The van der Waals surface area contributed by atoms with Gasteiger partial charge in [0.2, 0.25) is 5.91 Å². The van der Waals surface area contributed by atoms with Gasteiger partial charge >= 0.3 is 5.97 Å². The van der Waals surface area contributed by atoms with Crippen molar-refractivity contribution in [2.24, 2.45) is 5.92 Å². The average Bonchev–Trinajstić information content (AvgIpc) is 3.06. The van der Waals surface area contributed by atoms with Gasteiger partial charge in [0, 0.05) is 6.04 Å². The van der Waals surface area contributed by atoms with E-state index < -0.39 is 5.97 Å². The molecule has 0 bridgehead atoms. The van der Waals surface area contributed by atoms with Crippen LogP contribution in [0.5, 0.6) is 0 Å². The summed E-state index contributed by atoms with van der Waals surface area (Å²) >= 11 is 0. The Bertz CT molecular complexity index is 583. The van der Waals surface area contributed by atoms with Crippen molar-refractivity contribution in [1.82, 2.24) is 10.2 Å². The molecule has 1 saturated carbocycles. The summed E-state index contributed by atoms with van der Waals surface area (Å²) in [6.45, 7) is 3.60. The van der Waals surface area contributed by atoms with Crippen molar-refractivity contribution >= 4 is 11.9 Å². The Hall–Kier alpha value is -1.95. The monoisotopic (exact) mass is 350 g/mol. The second kappa shape index (κ2) is 8.94. The standard InChI is InChI=1S/C19H27FN2O3/c1-13(2)22(12-18(24)25)11-17(23)21-19(14-5-3-4-6-14)15-7-9-16(20)10-8-15/h7-10,13-14,19H,3-6,11-12H2,1-2H3,(H,21,23)(H,24,25). The summed E-state index contributed by atoms with van der Waals surface area (Å²) in [4.78, 5) is 25.1. The minimum Gasteiger partial charge on any atom is -0.480 e. The van der Waals surface area contributed by atoms with Gasteiger partial charge in [-0.05, 0) is 50.3 Å². The molecule has 1 atom stereocenters. The van der Waals surface area contributed by atoms with Gasteiger partial charge in [-0.15, -0.1) is 0 Å². The molecule has 0 aliphatic heterocycles. The fraction of sp³-hybridized carbons (Fsp3) is 0.579. The molecule has 1 aliphatic carbocycles. The summed E-state index contributed by atoms with van der Waals surface area (Å²) < 4.78 is 13.2. The number of nitrogens with one attached hydrogen (secondary N) is 1. The van der Waals surface area contributed by atoms with E-state index in [1.54, 1.807) is 17.0 Å². The van der Waals surface area contributed by atoms with Crippen molar-refractivity contribution in [1.29, 1.82) is 0 Å². The Morgan fingerprint density at radius 3 is 2.32 bits per heavy atom. The molecule has 1 aromatic rings. The number of nitrogens with zero attached hydrogens (tertiary/aromatic N) is 1. The summed E-state index contributed by atoms with van der Waals surface area (Å²) in [5.74, 6) is -1.11. The van der Waals surface area contributed by atoms with Crippen LogP contribution in [0.15, 0.2) is 24.3 Å². The van der Waals surface area contributed by atoms with Gasteiger partial charge < -0.3 is 10.4 Å². The Labute approximate surface area is 148 Å². The van der Waals surface area contributed by atoms with Crippen LogP contribution in [0.1, 0.15) is 51.1 Å². The van der Waals surface area contributed by atoms with Crippen molar-refractivity contribution in [2.75, 3.05) is 13.1 Å². The molecule has 0 radical (unpaired) electrons. The summed E-state index contributed by atoms with van der Waals surface area (Å²) in [6, 6.07) is 6.06. The van der Waals surface area contributed by atoms with Gasteiger partial charge in [-0.25, -0.2) is 4.39 Å². The van der Waals surface area contributed by atoms with E-state index in [1.165, 1.54) is 12.1 Å². The van der Waals surface area contributed by atoms with Crippen molar-refractivity contribution in [3.8, 4) is 0 Å². The molecular weight excluding hydrogens is 323 g/mol. The number of hydrogen-bond acceptors (Lipinski definition) is 3. The number of rotatable bonds is 8. The van der Waals surface area contributed by atoms with Gasteiger partial charge in [-0.3, -0.25) is 14.5 Å². The average molecular weight is 350 g/mol. The zero-order valence-electron chi connectivity index (χ0n) is 14.9. The maximum absolute atomic E-state index is 13.2. The van der Waals surface area contributed by atoms with Crippen LogP contribution >= 0.6 is 0 Å². The summed E-state index contributed by atoms with van der Waals surface area (Å²) in [6.07, 6.45) is 4.33. The first-order chi connectivity index (χ1) is 11.9. The van der Waals surface area contributed by atoms with Crippen LogP contribution < -0.4 is 5.32 Å². The number of carbonyl (C=O) groups excluding carboxylic acids is 1. The van der Waals surface area contributed by atoms with Gasteiger partial charge in [0.25, 0.3) is 0 Å². The molecule has 0 aromatic heterocycles. The Morgan fingerprint density at radius 1 is 1.20 bits per heavy atom. The summed E-state index contributed by atoms with van der Waals surface area (Å²) in [5, 5.41) is 12.1. The first kappa shape index (κ1) is 19.4. The van der Waals surface area contributed by atoms with E-state index in [1.807, 2.05) is 13.8 Å². The number of hydrogen-bond donors (Lipinski definition) is 2. The third-order valence-electron chi connectivity index (χ3n) is 4.83. The molecule has 25 heavy (non-hydrogen) atoms. The van der Waals surface area contributed by atoms with E-state index >= 15 is 0 Å². The SMILES string of the molecule is CC(C)N(CC(=O)O)CC(=O)NC(c1ccc(F)cc1)C1CCCC1. The smallest absolute Gasteiger partial charge is 0.317 e. The van der Waals surface area contributed by atoms with Crippen molar-refractivity contribution in [3.63, 3.8) is 0 Å². The molecule has 1 aromatic carbocycles. The number of aliphatic carboxylic acids is 1. The molecule has 2 N–H and O–H groups in total. The van der Waals surface area contributed by atoms with E-state index in [4.69, 9.17) is 5.11 Å². The first-order valence-corrected chi connectivity index (χ1v) is 8.87. The van der Waals surface area contributed by atoms with Crippen molar-refractivity contribution in [3.05, 3.63) is 35.6 Å². The third kappa shape index (κ3) is 5.81. The molecule has 0 saturated heterocycles. The van der Waals surface area contributed by atoms with Crippen LogP contribution in [-0.2, 0) is 9.59 Å². The molecule has 2 rings (SSSR count). The van der Waals surface area contributed by atoms with Crippen molar-refractivity contribution in [2.45, 2.75) is 51.6 Å². The number of amides is 1.